The zero-order chi connectivity index (χ0) is 37.7. The van der Waals surface area contributed by atoms with Crippen molar-refractivity contribution in [3.05, 3.63) is 218 Å². The molecule has 0 saturated heterocycles. The van der Waals surface area contributed by atoms with Crippen LogP contribution >= 0.6 is 0 Å². The van der Waals surface area contributed by atoms with Crippen LogP contribution in [0.3, 0.4) is 0 Å². The predicted octanol–water partition coefficient (Wildman–Crippen LogP) is 15.2. The van der Waals surface area contributed by atoms with Gasteiger partial charge in [-0.1, -0.05) is 158 Å². The van der Waals surface area contributed by atoms with Gasteiger partial charge in [0, 0.05) is 44.0 Å². The average molecular weight is 729 g/mol. The number of aromatic nitrogens is 1. The van der Waals surface area contributed by atoms with Crippen molar-refractivity contribution in [2.75, 3.05) is 4.90 Å². The number of nitrogens with zero attached hydrogens (tertiary/aromatic N) is 2. The molecule has 0 unspecified atom stereocenters. The number of hydrogen-bond acceptors (Lipinski definition) is 2. The Morgan fingerprint density at radius 1 is 0.351 bits per heavy atom. The summed E-state index contributed by atoms with van der Waals surface area (Å²) < 4.78 is 8.68. The van der Waals surface area contributed by atoms with Gasteiger partial charge in [0.05, 0.1) is 22.4 Å². The van der Waals surface area contributed by atoms with Gasteiger partial charge in [0.15, 0.2) is 0 Å². The van der Waals surface area contributed by atoms with Crippen LogP contribution in [0.15, 0.2) is 223 Å². The maximum Gasteiger partial charge on any atom is 0.135 e. The van der Waals surface area contributed by atoms with E-state index >= 15 is 0 Å². The number of para-hydroxylation sites is 4. The topological polar surface area (TPSA) is 21.3 Å². The quantitative estimate of drug-likeness (QED) is 0.163. The maximum absolute atomic E-state index is 6.28. The molecule has 9 aromatic carbocycles. The zero-order valence-electron chi connectivity index (χ0n) is 31.1. The van der Waals surface area contributed by atoms with Gasteiger partial charge < -0.3 is 13.9 Å². The third-order valence-electron chi connectivity index (χ3n) is 11.2. The maximum atomic E-state index is 6.28. The van der Waals surface area contributed by atoms with E-state index in [2.05, 4.69) is 216 Å². The molecule has 57 heavy (non-hydrogen) atoms. The monoisotopic (exact) mass is 728 g/mol. The molecule has 2 heterocycles. The number of fused-ring (bicyclic) bond motifs is 6. The Morgan fingerprint density at radius 2 is 0.965 bits per heavy atom. The lowest BCUT2D eigenvalue weighted by Crippen LogP contribution is -2.13. The van der Waals surface area contributed by atoms with E-state index in [0.717, 1.165) is 66.9 Å². The normalized spacial score (nSPS) is 11.5. The second-order valence-electron chi connectivity index (χ2n) is 14.5. The van der Waals surface area contributed by atoms with E-state index in [4.69, 9.17) is 4.42 Å². The molecule has 3 nitrogen and oxygen atoms in total. The van der Waals surface area contributed by atoms with E-state index in [0.29, 0.717) is 0 Å². The summed E-state index contributed by atoms with van der Waals surface area (Å²) >= 11 is 0. The molecule has 0 aliphatic heterocycles. The second-order valence-corrected chi connectivity index (χ2v) is 14.5. The molecule has 3 heteroatoms. The summed E-state index contributed by atoms with van der Waals surface area (Å²) in [6, 6.07) is 78.3. The Hall–Kier alpha value is -7.62. The second kappa shape index (κ2) is 13.6. The van der Waals surface area contributed by atoms with Crippen molar-refractivity contribution in [3.8, 4) is 39.1 Å². The fourth-order valence-electron chi connectivity index (χ4n) is 8.66. The van der Waals surface area contributed by atoms with Crippen LogP contribution in [0.25, 0.3) is 82.8 Å². The summed E-state index contributed by atoms with van der Waals surface area (Å²) in [5.41, 5.74) is 15.4. The zero-order valence-corrected chi connectivity index (χ0v) is 31.1. The molecule has 11 aromatic rings. The molecule has 0 aliphatic carbocycles. The third-order valence-corrected chi connectivity index (χ3v) is 11.2. The fourth-order valence-corrected chi connectivity index (χ4v) is 8.66. The largest absolute Gasteiger partial charge is 0.456 e. The Balaban J connectivity index is 1.22. The molecule has 0 atom stereocenters. The average Bonchev–Trinajstić information content (AvgIpc) is 3.82. The smallest absolute Gasteiger partial charge is 0.135 e. The van der Waals surface area contributed by atoms with Crippen LogP contribution in [0.4, 0.5) is 17.1 Å². The van der Waals surface area contributed by atoms with Crippen molar-refractivity contribution < 1.29 is 4.42 Å². The lowest BCUT2D eigenvalue weighted by atomic mass is 9.91. The molecule has 11 rings (SSSR count). The molecular formula is C54H36N2O. The molecule has 0 radical (unpaired) electrons. The Labute approximate surface area is 330 Å². The number of hydrogen-bond donors (Lipinski definition) is 0. The van der Waals surface area contributed by atoms with Crippen molar-refractivity contribution in [1.29, 1.82) is 0 Å². The summed E-state index contributed by atoms with van der Waals surface area (Å²) in [5, 5.41) is 4.66. The molecule has 0 spiro atoms. The van der Waals surface area contributed by atoms with E-state index in [1.807, 2.05) is 12.1 Å². The van der Waals surface area contributed by atoms with Crippen molar-refractivity contribution in [3.63, 3.8) is 0 Å². The van der Waals surface area contributed by atoms with Crippen LogP contribution in [-0.2, 0) is 0 Å². The van der Waals surface area contributed by atoms with E-state index < -0.39 is 0 Å². The standard InChI is InChI=1S/C54H36N2O/c1-4-17-37(18-5-1)43-26-16-29-50(54(43)38-19-6-2-7-20-38)56(41-32-33-45-44-24-11-14-28-49(44)55(51(45)36-41)40-21-8-3-9-22-40)48-27-13-10-23-42(48)39-31-34-53-47(35-39)46-25-12-15-30-52(46)57-53/h1-36H. The van der Waals surface area contributed by atoms with E-state index in [-0.39, 0.29) is 0 Å². The minimum Gasteiger partial charge on any atom is -0.456 e. The van der Waals surface area contributed by atoms with Gasteiger partial charge in [-0.3, -0.25) is 0 Å². The van der Waals surface area contributed by atoms with Crippen molar-refractivity contribution >= 4 is 60.8 Å². The molecule has 0 aliphatic rings. The van der Waals surface area contributed by atoms with Crippen LogP contribution in [0, 0.1) is 0 Å². The van der Waals surface area contributed by atoms with Crippen LogP contribution in [0.5, 0.6) is 0 Å². The highest BCUT2D eigenvalue weighted by molar-refractivity contribution is 6.11. The molecule has 0 saturated carbocycles. The molecule has 0 N–H and O–H groups in total. The highest BCUT2D eigenvalue weighted by Gasteiger charge is 2.24. The van der Waals surface area contributed by atoms with E-state index in [9.17, 15) is 0 Å². The van der Waals surface area contributed by atoms with Gasteiger partial charge in [-0.25, -0.2) is 0 Å². The molecule has 268 valence electrons. The van der Waals surface area contributed by atoms with Gasteiger partial charge in [0.1, 0.15) is 11.2 Å². The molecule has 0 fully saturated rings. The Kier molecular flexibility index (Phi) is 7.82. The lowest BCUT2D eigenvalue weighted by Gasteiger charge is -2.31. The molecule has 2 aromatic heterocycles. The number of rotatable bonds is 7. The van der Waals surface area contributed by atoms with Gasteiger partial charge in [-0.05, 0) is 82.9 Å². The van der Waals surface area contributed by atoms with Gasteiger partial charge in [-0.15, -0.1) is 0 Å². The number of furan rings is 1. The summed E-state index contributed by atoms with van der Waals surface area (Å²) in [6.07, 6.45) is 0. The van der Waals surface area contributed by atoms with Crippen molar-refractivity contribution in [1.82, 2.24) is 4.57 Å². The molecule has 0 amide bonds. The Bertz CT molecular complexity index is 3230. The number of benzene rings is 9. The first kappa shape index (κ1) is 32.8. The molecular weight excluding hydrogens is 693 g/mol. The minimum absolute atomic E-state index is 0.885. The highest BCUT2D eigenvalue weighted by atomic mass is 16.3. The van der Waals surface area contributed by atoms with Gasteiger partial charge in [0.25, 0.3) is 0 Å². The van der Waals surface area contributed by atoms with Crippen LogP contribution in [0.1, 0.15) is 0 Å². The molecule has 0 bridgehead atoms. The van der Waals surface area contributed by atoms with Gasteiger partial charge in [-0.2, -0.15) is 0 Å². The first-order valence-corrected chi connectivity index (χ1v) is 19.4. The first-order valence-electron chi connectivity index (χ1n) is 19.4. The van der Waals surface area contributed by atoms with Crippen LogP contribution in [0.2, 0.25) is 0 Å². The summed E-state index contributed by atoms with van der Waals surface area (Å²) in [7, 11) is 0. The van der Waals surface area contributed by atoms with E-state index in [1.54, 1.807) is 0 Å². The van der Waals surface area contributed by atoms with Crippen LogP contribution < -0.4 is 4.90 Å². The van der Waals surface area contributed by atoms with E-state index in [1.165, 1.54) is 33.0 Å². The van der Waals surface area contributed by atoms with Crippen molar-refractivity contribution in [2.45, 2.75) is 0 Å². The summed E-state index contributed by atoms with van der Waals surface area (Å²) in [5.74, 6) is 0. The summed E-state index contributed by atoms with van der Waals surface area (Å²) in [4.78, 5) is 2.47. The summed E-state index contributed by atoms with van der Waals surface area (Å²) in [6.45, 7) is 0. The van der Waals surface area contributed by atoms with Crippen molar-refractivity contribution in [2.24, 2.45) is 0 Å². The lowest BCUT2D eigenvalue weighted by molar-refractivity contribution is 0.669. The highest BCUT2D eigenvalue weighted by Crippen LogP contribution is 2.49. The number of anilines is 3. The van der Waals surface area contributed by atoms with Crippen LogP contribution in [-0.4, -0.2) is 4.57 Å². The predicted molar refractivity (Wildman–Crippen MR) is 239 cm³/mol. The minimum atomic E-state index is 0.885. The van der Waals surface area contributed by atoms with Gasteiger partial charge >= 0.3 is 0 Å². The third kappa shape index (κ3) is 5.51. The first-order chi connectivity index (χ1) is 28.3. The fraction of sp³-hybridized carbons (Fsp3) is 0. The van der Waals surface area contributed by atoms with Gasteiger partial charge in [0.2, 0.25) is 0 Å². The SMILES string of the molecule is c1ccc(-c2cccc(N(c3ccc4c5ccccc5n(-c5ccccc5)c4c3)c3ccccc3-c3ccc4oc5ccccc5c4c3)c2-c2ccccc2)cc1. The Morgan fingerprint density at radius 3 is 1.79 bits per heavy atom.